The summed E-state index contributed by atoms with van der Waals surface area (Å²) < 4.78 is 5.63. The number of benzene rings is 1. The molecule has 0 aliphatic heterocycles. The first-order valence-corrected chi connectivity index (χ1v) is 5.86. The summed E-state index contributed by atoms with van der Waals surface area (Å²) in [5, 5.41) is 0. The van der Waals surface area contributed by atoms with Gasteiger partial charge in [-0.3, -0.25) is 0 Å². The van der Waals surface area contributed by atoms with Gasteiger partial charge in [-0.2, -0.15) is 0 Å². The smallest absolute Gasteiger partial charge is 0.0735 e. The van der Waals surface area contributed by atoms with Gasteiger partial charge in [-0.1, -0.05) is 23.3 Å². The van der Waals surface area contributed by atoms with E-state index in [1.54, 1.807) is 0 Å². The van der Waals surface area contributed by atoms with Crippen LogP contribution in [0.15, 0.2) is 41.3 Å². The van der Waals surface area contributed by atoms with E-state index >= 15 is 0 Å². The molecule has 1 unspecified atom stereocenters. The maximum atomic E-state index is 5.63. The van der Waals surface area contributed by atoms with Gasteiger partial charge in [-0.15, -0.1) is 6.58 Å². The van der Waals surface area contributed by atoms with Crippen LogP contribution in [0.5, 0.6) is 0 Å². The Morgan fingerprint density at radius 2 is 2.00 bits per heavy atom. The second-order valence-corrected chi connectivity index (χ2v) is 4.79. The molecule has 0 spiro atoms. The molecule has 0 heterocycles. The fourth-order valence-corrected chi connectivity index (χ4v) is 1.85. The van der Waals surface area contributed by atoms with Crippen LogP contribution in [0.4, 0.5) is 0 Å². The third-order valence-corrected chi connectivity index (χ3v) is 2.85. The summed E-state index contributed by atoms with van der Waals surface area (Å²) in [4.78, 5) is 1.15. The Labute approximate surface area is 96.7 Å². The van der Waals surface area contributed by atoms with Gasteiger partial charge in [0.2, 0.25) is 0 Å². The van der Waals surface area contributed by atoms with Crippen LogP contribution in [-0.4, -0.2) is 6.10 Å². The zero-order valence-corrected chi connectivity index (χ0v) is 10.4. The Balaban J connectivity index is 2.36. The predicted molar refractivity (Wildman–Crippen MR) is 67.0 cm³/mol. The van der Waals surface area contributed by atoms with Crippen LogP contribution < -0.4 is 0 Å². The van der Waals surface area contributed by atoms with Gasteiger partial charge in [0, 0.05) is 16.9 Å². The number of rotatable bonds is 5. The lowest BCUT2D eigenvalue weighted by molar-refractivity contribution is 0.265. The molecule has 0 saturated heterocycles. The maximum Gasteiger partial charge on any atom is 0.0735 e. The van der Waals surface area contributed by atoms with Crippen molar-refractivity contribution in [3.63, 3.8) is 0 Å². The summed E-state index contributed by atoms with van der Waals surface area (Å²) in [5.74, 6) is 0. The van der Waals surface area contributed by atoms with Crippen LogP contribution in [0.3, 0.4) is 0 Å². The summed E-state index contributed by atoms with van der Waals surface area (Å²) in [6, 6.07) is 8.34. The summed E-state index contributed by atoms with van der Waals surface area (Å²) >= 11 is 1.44. The van der Waals surface area contributed by atoms with Crippen molar-refractivity contribution in [3.05, 3.63) is 42.0 Å². The molecule has 0 aliphatic rings. The third-order valence-electron chi connectivity index (χ3n) is 1.97. The normalized spacial score (nSPS) is 12.5. The largest absolute Gasteiger partial charge is 0.307 e. The topological polar surface area (TPSA) is 9.23 Å². The molecule has 0 radical (unpaired) electrons. The standard InChI is InChI=1S/C13H18OS/c1-10(2)9-12(4)14-15-13-7-5-11(3)6-8-13/h5-8,12H,1,9H2,2-4H3. The van der Waals surface area contributed by atoms with Gasteiger partial charge in [-0.05, 0) is 39.3 Å². The molecule has 1 atom stereocenters. The Bertz CT molecular complexity index is 316. The van der Waals surface area contributed by atoms with Gasteiger partial charge in [0.25, 0.3) is 0 Å². The van der Waals surface area contributed by atoms with Gasteiger partial charge in [0.1, 0.15) is 0 Å². The lowest BCUT2D eigenvalue weighted by atomic mass is 10.2. The minimum atomic E-state index is 0.216. The highest BCUT2D eigenvalue weighted by Gasteiger charge is 2.03. The van der Waals surface area contributed by atoms with E-state index < -0.39 is 0 Å². The van der Waals surface area contributed by atoms with Crippen LogP contribution in [0, 0.1) is 6.92 Å². The molecule has 0 aliphatic carbocycles. The van der Waals surface area contributed by atoms with E-state index in [4.69, 9.17) is 4.18 Å². The lowest BCUT2D eigenvalue weighted by Gasteiger charge is -2.11. The monoisotopic (exact) mass is 222 g/mol. The van der Waals surface area contributed by atoms with E-state index in [2.05, 4.69) is 44.7 Å². The molecule has 1 aromatic rings. The van der Waals surface area contributed by atoms with E-state index in [1.165, 1.54) is 17.6 Å². The third kappa shape index (κ3) is 5.05. The molecule has 15 heavy (non-hydrogen) atoms. The van der Waals surface area contributed by atoms with Gasteiger partial charge in [-0.25, -0.2) is 0 Å². The zero-order valence-electron chi connectivity index (χ0n) is 9.62. The lowest BCUT2D eigenvalue weighted by Crippen LogP contribution is -2.02. The average molecular weight is 222 g/mol. The van der Waals surface area contributed by atoms with Crippen molar-refractivity contribution >= 4 is 12.0 Å². The highest BCUT2D eigenvalue weighted by Crippen LogP contribution is 2.22. The van der Waals surface area contributed by atoms with Gasteiger partial charge in [0.05, 0.1) is 6.10 Å². The fraction of sp³-hybridized carbons (Fsp3) is 0.385. The second kappa shape index (κ2) is 5.99. The molecule has 0 N–H and O–H groups in total. The van der Waals surface area contributed by atoms with Crippen LogP contribution in [-0.2, 0) is 4.18 Å². The molecule has 2 heteroatoms. The summed E-state index contributed by atoms with van der Waals surface area (Å²) in [6.45, 7) is 10.0. The van der Waals surface area contributed by atoms with E-state index in [1.807, 2.05) is 6.92 Å². The summed E-state index contributed by atoms with van der Waals surface area (Å²) in [5.41, 5.74) is 2.43. The molecule has 0 fully saturated rings. The molecule has 1 rings (SSSR count). The molecular formula is C13H18OS. The van der Waals surface area contributed by atoms with Crippen molar-refractivity contribution in [3.8, 4) is 0 Å². The predicted octanol–water partition coefficient (Wildman–Crippen LogP) is 4.37. The number of aryl methyl sites for hydroxylation is 1. The van der Waals surface area contributed by atoms with E-state index in [0.29, 0.717) is 0 Å². The van der Waals surface area contributed by atoms with E-state index in [0.717, 1.165) is 16.9 Å². The Hall–Kier alpha value is -0.730. The molecular weight excluding hydrogens is 204 g/mol. The van der Waals surface area contributed by atoms with Crippen LogP contribution in [0.25, 0.3) is 0 Å². The fourth-order valence-electron chi connectivity index (χ4n) is 1.26. The zero-order chi connectivity index (χ0) is 11.3. The first kappa shape index (κ1) is 12.3. The highest BCUT2D eigenvalue weighted by atomic mass is 32.2. The summed E-state index contributed by atoms with van der Waals surface area (Å²) in [7, 11) is 0. The number of hydrogen-bond acceptors (Lipinski definition) is 2. The number of hydrogen-bond donors (Lipinski definition) is 0. The minimum absolute atomic E-state index is 0.216. The second-order valence-electron chi connectivity index (χ2n) is 3.96. The quantitative estimate of drug-likeness (QED) is 0.540. The first-order chi connectivity index (χ1) is 7.08. The van der Waals surface area contributed by atoms with Gasteiger partial charge >= 0.3 is 0 Å². The highest BCUT2D eigenvalue weighted by molar-refractivity contribution is 7.94. The van der Waals surface area contributed by atoms with Crippen molar-refractivity contribution in [1.29, 1.82) is 0 Å². The van der Waals surface area contributed by atoms with Crippen molar-refractivity contribution in [2.45, 2.75) is 38.2 Å². The molecule has 0 amide bonds. The molecule has 0 bridgehead atoms. The summed E-state index contributed by atoms with van der Waals surface area (Å²) in [6.07, 6.45) is 1.13. The molecule has 1 nitrogen and oxygen atoms in total. The molecule has 0 saturated carbocycles. The first-order valence-electron chi connectivity index (χ1n) is 5.12. The van der Waals surface area contributed by atoms with Crippen LogP contribution in [0.1, 0.15) is 25.8 Å². The van der Waals surface area contributed by atoms with Crippen molar-refractivity contribution in [2.24, 2.45) is 0 Å². The van der Waals surface area contributed by atoms with Crippen LogP contribution in [0.2, 0.25) is 0 Å². The van der Waals surface area contributed by atoms with Crippen molar-refractivity contribution < 1.29 is 4.18 Å². The average Bonchev–Trinajstić information content (AvgIpc) is 2.16. The molecule has 82 valence electrons. The van der Waals surface area contributed by atoms with E-state index in [9.17, 15) is 0 Å². The van der Waals surface area contributed by atoms with Crippen molar-refractivity contribution in [2.75, 3.05) is 0 Å². The Morgan fingerprint density at radius 3 is 2.53 bits per heavy atom. The van der Waals surface area contributed by atoms with E-state index in [-0.39, 0.29) is 6.10 Å². The SMILES string of the molecule is C=C(C)CC(C)OSc1ccc(C)cc1. The molecule has 0 aromatic heterocycles. The van der Waals surface area contributed by atoms with Crippen LogP contribution >= 0.6 is 12.0 Å². The molecule has 1 aromatic carbocycles. The maximum absolute atomic E-state index is 5.63. The Morgan fingerprint density at radius 1 is 1.40 bits per heavy atom. The van der Waals surface area contributed by atoms with Gasteiger partial charge in [0.15, 0.2) is 0 Å². The van der Waals surface area contributed by atoms with Gasteiger partial charge < -0.3 is 4.18 Å². The Kier molecular flexibility index (Phi) is 4.92. The minimum Gasteiger partial charge on any atom is -0.307 e. The van der Waals surface area contributed by atoms with Crippen molar-refractivity contribution in [1.82, 2.24) is 0 Å².